The molecule has 0 aliphatic carbocycles. The van der Waals surface area contributed by atoms with Crippen LogP contribution in [0.1, 0.15) is 23.2 Å². The average molecular weight is 371 g/mol. The molecule has 0 radical (unpaired) electrons. The van der Waals surface area contributed by atoms with Gasteiger partial charge < -0.3 is 14.6 Å². The van der Waals surface area contributed by atoms with Crippen molar-refractivity contribution in [3.05, 3.63) is 59.5 Å². The molecule has 4 rings (SSSR count). The minimum absolute atomic E-state index is 0.0850. The topological polar surface area (TPSA) is 74.2 Å². The summed E-state index contributed by atoms with van der Waals surface area (Å²) in [4.78, 5) is 14.4. The van der Waals surface area contributed by atoms with Gasteiger partial charge in [0, 0.05) is 30.2 Å². The molecule has 7 heteroatoms. The summed E-state index contributed by atoms with van der Waals surface area (Å²) in [5.74, 6) is 0.784. The molecular formula is C19H19ClN4O2. The number of anilines is 1. The molecule has 2 N–H and O–H groups in total. The normalized spacial score (nSPS) is 17.3. The molecular weight excluding hydrogens is 352 g/mol. The Morgan fingerprint density at radius 3 is 2.92 bits per heavy atom. The maximum absolute atomic E-state index is 12.2. The van der Waals surface area contributed by atoms with Crippen LogP contribution >= 0.6 is 11.6 Å². The molecule has 6 nitrogen and oxygen atoms in total. The number of aromatic nitrogens is 2. The van der Waals surface area contributed by atoms with Gasteiger partial charge in [-0.2, -0.15) is 5.10 Å². The molecule has 1 saturated heterocycles. The quantitative estimate of drug-likeness (QED) is 0.734. The molecule has 1 fully saturated rings. The van der Waals surface area contributed by atoms with Crippen molar-refractivity contribution >= 4 is 23.3 Å². The summed E-state index contributed by atoms with van der Waals surface area (Å²) >= 11 is 5.95. The summed E-state index contributed by atoms with van der Waals surface area (Å²) in [5.41, 5.74) is 2.53. The van der Waals surface area contributed by atoms with Gasteiger partial charge in [0.2, 0.25) is 0 Å². The van der Waals surface area contributed by atoms with Gasteiger partial charge in [-0.05, 0) is 36.6 Å². The standard InChI is InChI=1S/C19H19ClN4O2/c20-15-5-3-13(4-6-15)17-10-18(23-22-17)24-8-1-2-16(11-24)21-19(25)14-7-9-26-12-14/h3-7,9-10,12,16H,1-2,8,11H2,(H,21,25)(H,22,23)/t16-/m0/s1. The van der Waals surface area contributed by atoms with Crippen molar-refractivity contribution in [2.45, 2.75) is 18.9 Å². The van der Waals surface area contributed by atoms with Gasteiger partial charge >= 0.3 is 0 Å². The largest absolute Gasteiger partial charge is 0.472 e. The highest BCUT2D eigenvalue weighted by Crippen LogP contribution is 2.25. The number of carbonyl (C=O) groups is 1. The van der Waals surface area contributed by atoms with Crippen LogP contribution in [0.15, 0.2) is 53.3 Å². The van der Waals surface area contributed by atoms with E-state index in [2.05, 4.69) is 20.4 Å². The Balaban J connectivity index is 1.43. The fourth-order valence-electron chi connectivity index (χ4n) is 3.22. The monoisotopic (exact) mass is 370 g/mol. The summed E-state index contributed by atoms with van der Waals surface area (Å²) in [6.07, 6.45) is 4.92. The molecule has 1 atom stereocenters. The second-order valence-corrected chi connectivity index (χ2v) is 6.85. The van der Waals surface area contributed by atoms with Crippen molar-refractivity contribution in [2.75, 3.05) is 18.0 Å². The van der Waals surface area contributed by atoms with Gasteiger partial charge in [-0.3, -0.25) is 9.89 Å². The Hall–Kier alpha value is -2.73. The van der Waals surface area contributed by atoms with Crippen LogP contribution in [0.25, 0.3) is 11.3 Å². The van der Waals surface area contributed by atoms with Crippen LogP contribution in [0.4, 0.5) is 5.82 Å². The van der Waals surface area contributed by atoms with Gasteiger partial charge in [0.15, 0.2) is 5.82 Å². The van der Waals surface area contributed by atoms with Crippen LogP contribution in [-0.2, 0) is 0 Å². The summed E-state index contributed by atoms with van der Waals surface area (Å²) in [7, 11) is 0. The fourth-order valence-corrected chi connectivity index (χ4v) is 3.34. The van der Waals surface area contributed by atoms with E-state index >= 15 is 0 Å². The summed E-state index contributed by atoms with van der Waals surface area (Å²) in [6.45, 7) is 1.65. The third-order valence-corrected chi connectivity index (χ3v) is 4.84. The number of amides is 1. The fraction of sp³-hybridized carbons (Fsp3) is 0.263. The number of rotatable bonds is 4. The molecule has 0 spiro atoms. The lowest BCUT2D eigenvalue weighted by atomic mass is 10.1. The number of hydrogen-bond donors (Lipinski definition) is 2. The third kappa shape index (κ3) is 3.60. The molecule has 3 aromatic rings. The second-order valence-electron chi connectivity index (χ2n) is 6.42. The van der Waals surface area contributed by atoms with Crippen molar-refractivity contribution in [1.29, 1.82) is 0 Å². The number of benzene rings is 1. The average Bonchev–Trinajstić information content (AvgIpc) is 3.35. The highest BCUT2D eigenvalue weighted by molar-refractivity contribution is 6.30. The highest BCUT2D eigenvalue weighted by Gasteiger charge is 2.24. The predicted molar refractivity (Wildman–Crippen MR) is 100 cm³/mol. The zero-order chi connectivity index (χ0) is 17.9. The smallest absolute Gasteiger partial charge is 0.254 e. The number of H-pyrrole nitrogens is 1. The predicted octanol–water partition coefficient (Wildman–Crippen LogP) is 3.72. The van der Waals surface area contributed by atoms with Crippen molar-refractivity contribution < 1.29 is 9.21 Å². The van der Waals surface area contributed by atoms with E-state index in [1.54, 1.807) is 6.07 Å². The summed E-state index contributed by atoms with van der Waals surface area (Å²) in [6, 6.07) is 11.4. The van der Waals surface area contributed by atoms with Crippen molar-refractivity contribution in [1.82, 2.24) is 15.5 Å². The molecule has 1 aliphatic heterocycles. The van der Waals surface area contributed by atoms with Crippen LogP contribution in [-0.4, -0.2) is 35.2 Å². The third-order valence-electron chi connectivity index (χ3n) is 4.58. The van der Waals surface area contributed by atoms with Crippen molar-refractivity contribution in [3.8, 4) is 11.3 Å². The van der Waals surface area contributed by atoms with E-state index in [4.69, 9.17) is 16.0 Å². The number of piperidine rings is 1. The van der Waals surface area contributed by atoms with Crippen LogP contribution in [0.3, 0.4) is 0 Å². The molecule has 1 aromatic carbocycles. The highest BCUT2D eigenvalue weighted by atomic mass is 35.5. The van der Waals surface area contributed by atoms with E-state index in [0.29, 0.717) is 10.6 Å². The molecule has 1 aliphatic rings. The van der Waals surface area contributed by atoms with Crippen molar-refractivity contribution in [3.63, 3.8) is 0 Å². The van der Waals surface area contributed by atoms with E-state index in [-0.39, 0.29) is 11.9 Å². The summed E-state index contributed by atoms with van der Waals surface area (Å²) in [5, 5.41) is 11.3. The first-order valence-corrected chi connectivity index (χ1v) is 8.96. The van der Waals surface area contributed by atoms with Gasteiger partial charge in [-0.25, -0.2) is 0 Å². The second kappa shape index (κ2) is 7.25. The zero-order valence-corrected chi connectivity index (χ0v) is 14.9. The van der Waals surface area contributed by atoms with Crippen molar-refractivity contribution in [2.24, 2.45) is 0 Å². The van der Waals surface area contributed by atoms with Crippen LogP contribution in [0.5, 0.6) is 0 Å². The van der Waals surface area contributed by atoms with E-state index in [9.17, 15) is 4.79 Å². The number of halogens is 1. The van der Waals surface area contributed by atoms with E-state index in [1.807, 2.05) is 30.3 Å². The molecule has 3 heterocycles. The molecule has 2 aromatic heterocycles. The van der Waals surface area contributed by atoms with Crippen LogP contribution in [0.2, 0.25) is 5.02 Å². The number of carbonyl (C=O) groups excluding carboxylic acids is 1. The Morgan fingerprint density at radius 2 is 2.15 bits per heavy atom. The Kier molecular flexibility index (Phi) is 4.67. The van der Waals surface area contributed by atoms with E-state index in [1.165, 1.54) is 12.5 Å². The maximum Gasteiger partial charge on any atom is 0.254 e. The zero-order valence-electron chi connectivity index (χ0n) is 14.1. The Labute approximate surface area is 156 Å². The number of hydrogen-bond acceptors (Lipinski definition) is 4. The molecule has 26 heavy (non-hydrogen) atoms. The lowest BCUT2D eigenvalue weighted by molar-refractivity contribution is 0.0932. The SMILES string of the molecule is O=C(N[C@H]1CCCN(c2cc(-c3ccc(Cl)cc3)[nH]n2)C1)c1ccoc1. The van der Waals surface area contributed by atoms with Gasteiger partial charge in [0.25, 0.3) is 5.91 Å². The molecule has 0 bridgehead atoms. The molecule has 1 amide bonds. The molecule has 0 unspecified atom stereocenters. The number of nitrogens with one attached hydrogen (secondary N) is 2. The van der Waals surface area contributed by atoms with Gasteiger partial charge in [0.1, 0.15) is 6.26 Å². The minimum Gasteiger partial charge on any atom is -0.472 e. The molecule has 134 valence electrons. The number of aromatic amines is 1. The first kappa shape index (κ1) is 16.7. The lowest BCUT2D eigenvalue weighted by Gasteiger charge is -2.33. The number of furan rings is 1. The van der Waals surface area contributed by atoms with E-state index < -0.39 is 0 Å². The minimum atomic E-state index is -0.102. The lowest BCUT2D eigenvalue weighted by Crippen LogP contribution is -2.47. The van der Waals surface area contributed by atoms with Crippen LogP contribution < -0.4 is 10.2 Å². The maximum atomic E-state index is 12.2. The van der Waals surface area contributed by atoms with Gasteiger partial charge in [-0.15, -0.1) is 0 Å². The van der Waals surface area contributed by atoms with Gasteiger partial charge in [0.05, 0.1) is 17.5 Å². The Bertz CT molecular complexity index is 873. The van der Waals surface area contributed by atoms with Gasteiger partial charge in [-0.1, -0.05) is 23.7 Å². The summed E-state index contributed by atoms with van der Waals surface area (Å²) < 4.78 is 4.97. The number of nitrogens with zero attached hydrogens (tertiary/aromatic N) is 2. The molecule has 0 saturated carbocycles. The first-order valence-electron chi connectivity index (χ1n) is 8.58. The first-order chi connectivity index (χ1) is 12.7. The van der Waals surface area contributed by atoms with E-state index in [0.717, 1.165) is 43.0 Å². The van der Waals surface area contributed by atoms with Crippen LogP contribution in [0, 0.1) is 0 Å². The Morgan fingerprint density at radius 1 is 1.31 bits per heavy atom.